The number of halogens is 3. The van der Waals surface area contributed by atoms with Gasteiger partial charge in [-0.05, 0) is 63.8 Å². The van der Waals surface area contributed by atoms with Crippen LogP contribution in [0.3, 0.4) is 0 Å². The number of hydrogen-bond donors (Lipinski definition) is 0. The van der Waals surface area contributed by atoms with E-state index in [9.17, 15) is 0 Å². The fraction of sp³-hybridized carbons (Fsp3) is 0.258. The molecule has 0 radical (unpaired) electrons. The van der Waals surface area contributed by atoms with Gasteiger partial charge >= 0.3 is 106 Å². The molecule has 0 amide bonds. The first-order chi connectivity index (χ1) is 18.0. The second-order valence-corrected chi connectivity index (χ2v) is 16.0. The molecule has 0 atom stereocenters. The van der Waals surface area contributed by atoms with Crippen LogP contribution in [0.1, 0.15) is 38.9 Å². The monoisotopic (exact) mass is 654 g/mol. The summed E-state index contributed by atoms with van der Waals surface area (Å²) in [6.45, 7) is 17.6. The Morgan fingerprint density at radius 3 is 1.76 bits per heavy atom. The summed E-state index contributed by atoms with van der Waals surface area (Å²) < 4.78 is 1.87. The third kappa shape index (κ3) is 6.60. The first kappa shape index (κ1) is 29.0. The van der Waals surface area contributed by atoms with E-state index in [1.807, 2.05) is 22.8 Å². The summed E-state index contributed by atoms with van der Waals surface area (Å²) in [5.41, 5.74) is 12.6. The van der Waals surface area contributed by atoms with Crippen molar-refractivity contribution in [1.29, 1.82) is 0 Å². The van der Waals surface area contributed by atoms with E-state index in [4.69, 9.17) is 31.0 Å². The molecule has 1 fully saturated rings. The SMILES string of the molecule is Cc1cc(C)c(N2[CH-]N(c3c(C)cc(C)cc3C)CC2)c(C)c1.Clc1ccnc2c([CH]=[Ru]([Cl])[Cl])cccc12. The summed E-state index contributed by atoms with van der Waals surface area (Å²) in [5.74, 6) is 0. The summed E-state index contributed by atoms with van der Waals surface area (Å²) in [6, 6.07) is 16.7. The first-order valence-electron chi connectivity index (χ1n) is 12.5. The topological polar surface area (TPSA) is 19.4 Å². The summed E-state index contributed by atoms with van der Waals surface area (Å²) >= 11 is 4.23. The first-order valence-corrected chi connectivity index (χ1v) is 18.3. The normalized spacial score (nSPS) is 13.4. The van der Waals surface area contributed by atoms with Gasteiger partial charge in [-0.1, -0.05) is 35.4 Å². The maximum absolute atomic E-state index is 6.06. The molecule has 0 spiro atoms. The van der Waals surface area contributed by atoms with Gasteiger partial charge < -0.3 is 9.80 Å². The Morgan fingerprint density at radius 1 is 0.789 bits per heavy atom. The van der Waals surface area contributed by atoms with Crippen molar-refractivity contribution in [2.24, 2.45) is 0 Å². The van der Waals surface area contributed by atoms with Gasteiger partial charge in [0.2, 0.25) is 0 Å². The molecule has 7 heteroatoms. The molecular weight excluding hydrogens is 622 g/mol. The quantitative estimate of drug-likeness (QED) is 0.162. The molecule has 4 aromatic rings. The number of hydrogen-bond acceptors (Lipinski definition) is 3. The van der Waals surface area contributed by atoms with E-state index in [0.29, 0.717) is 5.02 Å². The number of pyridine rings is 1. The second kappa shape index (κ2) is 12.5. The third-order valence-corrected chi connectivity index (χ3v) is 8.80. The van der Waals surface area contributed by atoms with E-state index in [1.165, 1.54) is 44.8 Å². The Labute approximate surface area is 244 Å². The number of fused-ring (bicyclic) bond motifs is 1. The molecule has 3 aromatic carbocycles. The van der Waals surface area contributed by atoms with Gasteiger partial charge in [-0.2, -0.15) is 6.67 Å². The van der Waals surface area contributed by atoms with Crippen LogP contribution in [0, 0.1) is 48.2 Å². The van der Waals surface area contributed by atoms with Gasteiger partial charge in [0.05, 0.1) is 0 Å². The van der Waals surface area contributed by atoms with Gasteiger partial charge in [0.25, 0.3) is 0 Å². The van der Waals surface area contributed by atoms with Crippen molar-refractivity contribution in [2.45, 2.75) is 41.5 Å². The van der Waals surface area contributed by atoms with E-state index >= 15 is 0 Å². The van der Waals surface area contributed by atoms with Crippen LogP contribution in [-0.4, -0.2) is 22.7 Å². The van der Waals surface area contributed by atoms with Gasteiger partial charge in [-0.25, -0.2) is 0 Å². The molecule has 202 valence electrons. The standard InChI is InChI=1S/C21H27N2.C10H6ClN.2ClH.Ru/c1-14-9-16(3)20(17(4)10-14)22-7-8-23(13-22)21-18(5)11-15(2)12-19(21)6;1-7-3-2-4-8-9(11)5-6-12-10(7)8;;;/h9-13H,7-8H2,1-6H3;1-6H;2*1H;/q-1;;;;+2/p-2. The molecule has 1 saturated heterocycles. The predicted octanol–water partition coefficient (Wildman–Crippen LogP) is 8.95. The summed E-state index contributed by atoms with van der Waals surface area (Å²) in [7, 11) is 11.7. The van der Waals surface area contributed by atoms with Crippen molar-refractivity contribution in [3.05, 3.63) is 105 Å². The van der Waals surface area contributed by atoms with Crippen LogP contribution >= 0.6 is 31.0 Å². The van der Waals surface area contributed by atoms with Crippen molar-refractivity contribution in [3.63, 3.8) is 0 Å². The van der Waals surface area contributed by atoms with E-state index in [0.717, 1.165) is 29.6 Å². The molecule has 1 aliphatic rings. The molecule has 0 unspecified atom stereocenters. The Hall–Kier alpha value is -1.97. The van der Waals surface area contributed by atoms with Gasteiger partial charge in [0, 0.05) is 24.5 Å². The molecule has 1 aliphatic heterocycles. The van der Waals surface area contributed by atoms with Gasteiger partial charge in [0.1, 0.15) is 0 Å². The Bertz CT molecular complexity index is 1400. The van der Waals surface area contributed by atoms with Crippen molar-refractivity contribution < 1.29 is 13.5 Å². The number of para-hydroxylation sites is 1. The molecule has 0 saturated carbocycles. The fourth-order valence-electron chi connectivity index (χ4n) is 5.42. The number of benzene rings is 3. The zero-order chi connectivity index (χ0) is 27.6. The molecule has 1 aromatic heterocycles. The molecule has 5 rings (SSSR count). The Kier molecular flexibility index (Phi) is 9.53. The van der Waals surface area contributed by atoms with E-state index in [-0.39, 0.29) is 0 Å². The van der Waals surface area contributed by atoms with Gasteiger partial charge in [-0.15, -0.1) is 0 Å². The van der Waals surface area contributed by atoms with Crippen LogP contribution in [-0.2, 0) is 13.5 Å². The average molecular weight is 655 g/mol. The van der Waals surface area contributed by atoms with E-state index in [2.05, 4.69) is 87.3 Å². The summed E-state index contributed by atoms with van der Waals surface area (Å²) in [4.78, 5) is 9.10. The van der Waals surface area contributed by atoms with Crippen molar-refractivity contribution >= 4 is 57.9 Å². The number of aromatic nitrogens is 1. The number of rotatable bonds is 3. The van der Waals surface area contributed by atoms with Crippen LogP contribution in [0.4, 0.5) is 11.4 Å². The molecule has 0 bridgehead atoms. The predicted molar refractivity (Wildman–Crippen MR) is 164 cm³/mol. The van der Waals surface area contributed by atoms with Crippen LogP contribution in [0.15, 0.2) is 54.7 Å². The van der Waals surface area contributed by atoms with Gasteiger partial charge in [-0.3, -0.25) is 0 Å². The van der Waals surface area contributed by atoms with Crippen molar-refractivity contribution in [1.82, 2.24) is 4.98 Å². The molecule has 0 aliphatic carbocycles. The Morgan fingerprint density at radius 2 is 1.29 bits per heavy atom. The van der Waals surface area contributed by atoms with Crippen LogP contribution in [0.5, 0.6) is 0 Å². The zero-order valence-corrected chi connectivity index (χ0v) is 26.6. The molecular formula is C31H33Cl3N3Ru-. The van der Waals surface area contributed by atoms with Crippen LogP contribution in [0.25, 0.3) is 10.9 Å². The molecule has 38 heavy (non-hydrogen) atoms. The number of nitrogens with zero attached hydrogens (tertiary/aromatic N) is 3. The minimum absolute atomic E-state index is 0.693. The fourth-order valence-corrected chi connectivity index (χ4v) is 7.43. The van der Waals surface area contributed by atoms with Crippen LogP contribution < -0.4 is 9.80 Å². The number of anilines is 2. The minimum atomic E-state index is -1.82. The van der Waals surface area contributed by atoms with Crippen molar-refractivity contribution in [3.8, 4) is 0 Å². The molecule has 2 heterocycles. The second-order valence-electron chi connectivity index (χ2n) is 9.84. The average Bonchev–Trinajstić information content (AvgIpc) is 3.27. The van der Waals surface area contributed by atoms with E-state index < -0.39 is 13.5 Å². The zero-order valence-electron chi connectivity index (χ0n) is 22.6. The maximum atomic E-state index is 6.06. The Balaban J connectivity index is 0.000000194. The van der Waals surface area contributed by atoms with Crippen molar-refractivity contribution in [2.75, 3.05) is 22.9 Å². The number of aryl methyl sites for hydroxylation is 6. The van der Waals surface area contributed by atoms with E-state index in [1.54, 1.807) is 12.3 Å². The van der Waals surface area contributed by atoms with Crippen LogP contribution in [0.2, 0.25) is 5.02 Å². The molecule has 0 N–H and O–H groups in total. The molecule has 3 nitrogen and oxygen atoms in total. The van der Waals surface area contributed by atoms with Gasteiger partial charge in [0.15, 0.2) is 0 Å². The summed E-state index contributed by atoms with van der Waals surface area (Å²) in [5, 5.41) is 1.62. The third-order valence-electron chi connectivity index (χ3n) is 6.64. The summed E-state index contributed by atoms with van der Waals surface area (Å²) in [6.07, 6.45) is 1.68.